The zero-order valence-electron chi connectivity index (χ0n) is 14.2. The molecule has 0 radical (unpaired) electrons. The number of halogens is 2. The third-order valence-corrected chi connectivity index (χ3v) is 5.50. The predicted molar refractivity (Wildman–Crippen MR) is 107 cm³/mol. The molecule has 2 amide bonds. The van der Waals surface area contributed by atoms with E-state index in [0.29, 0.717) is 24.5 Å². The molecule has 6 nitrogen and oxygen atoms in total. The largest absolute Gasteiger partial charge is 0.493 e. The van der Waals surface area contributed by atoms with Gasteiger partial charge in [0.05, 0.1) is 18.3 Å². The monoisotopic (exact) mass is 494 g/mol. The van der Waals surface area contributed by atoms with Crippen LogP contribution in [0.4, 0.5) is 5.69 Å². The van der Waals surface area contributed by atoms with E-state index in [-0.39, 0.29) is 31.0 Å². The van der Waals surface area contributed by atoms with Crippen LogP contribution in [0, 0.1) is 0 Å². The lowest BCUT2D eigenvalue weighted by Gasteiger charge is -2.31. The summed E-state index contributed by atoms with van der Waals surface area (Å²) in [6.45, 7) is 0.397. The lowest BCUT2D eigenvalue weighted by atomic mass is 10.0. The summed E-state index contributed by atoms with van der Waals surface area (Å²) in [5.74, 6) is 0.886. The zero-order chi connectivity index (χ0) is 19.0. The fraction of sp³-hybridized carbons (Fsp3) is 0.263. The molecular weight excluding hydrogens is 480 g/mol. The summed E-state index contributed by atoms with van der Waals surface area (Å²) >= 11 is 6.84. The molecule has 0 bridgehead atoms. The first-order valence-electron chi connectivity index (χ1n) is 8.45. The van der Waals surface area contributed by atoms with Crippen molar-refractivity contribution in [3.05, 3.63) is 50.9 Å². The van der Waals surface area contributed by atoms with Gasteiger partial charge < -0.3 is 14.8 Å². The minimum absolute atomic E-state index is 0.0580. The van der Waals surface area contributed by atoms with Crippen LogP contribution in [0.15, 0.2) is 45.3 Å². The molecule has 2 aromatic carbocycles. The highest BCUT2D eigenvalue weighted by molar-refractivity contribution is 9.10. The molecule has 2 aliphatic rings. The van der Waals surface area contributed by atoms with Crippen LogP contribution in [0.5, 0.6) is 11.5 Å². The van der Waals surface area contributed by atoms with E-state index in [1.165, 1.54) is 4.90 Å². The van der Waals surface area contributed by atoms with Crippen molar-refractivity contribution in [3.8, 4) is 11.5 Å². The Balaban J connectivity index is 1.51. The van der Waals surface area contributed by atoms with Crippen LogP contribution < -0.4 is 19.7 Å². The van der Waals surface area contributed by atoms with Crippen molar-refractivity contribution in [2.75, 3.05) is 24.7 Å². The molecule has 0 fully saturated rings. The Morgan fingerprint density at radius 3 is 2.74 bits per heavy atom. The van der Waals surface area contributed by atoms with E-state index in [9.17, 15) is 9.59 Å². The normalized spacial score (nSPS) is 18.1. The van der Waals surface area contributed by atoms with E-state index in [2.05, 4.69) is 37.2 Å². The Morgan fingerprint density at radius 2 is 1.89 bits per heavy atom. The molecule has 2 heterocycles. The third-order valence-electron chi connectivity index (χ3n) is 4.51. The molecule has 0 spiro atoms. The van der Waals surface area contributed by atoms with Crippen LogP contribution in [-0.4, -0.2) is 31.6 Å². The first-order valence-corrected chi connectivity index (χ1v) is 10.0. The van der Waals surface area contributed by atoms with E-state index >= 15 is 0 Å². The number of hydrogen-bond acceptors (Lipinski definition) is 4. The molecule has 8 heteroatoms. The van der Waals surface area contributed by atoms with Gasteiger partial charge in [-0.1, -0.05) is 31.9 Å². The summed E-state index contributed by atoms with van der Waals surface area (Å²) in [6.07, 6.45) is 0.676. The summed E-state index contributed by atoms with van der Waals surface area (Å²) in [7, 11) is 0. The second-order valence-electron chi connectivity index (χ2n) is 6.32. The zero-order valence-corrected chi connectivity index (χ0v) is 17.4. The van der Waals surface area contributed by atoms with Crippen LogP contribution in [0.2, 0.25) is 0 Å². The predicted octanol–water partition coefficient (Wildman–Crippen LogP) is 3.58. The average Bonchev–Trinajstić information content (AvgIpc) is 2.64. The molecule has 4 rings (SSSR count). The van der Waals surface area contributed by atoms with E-state index in [1.807, 2.05) is 24.3 Å². The fourth-order valence-electron chi connectivity index (χ4n) is 3.25. The van der Waals surface area contributed by atoms with Gasteiger partial charge in [-0.3, -0.25) is 14.5 Å². The van der Waals surface area contributed by atoms with Gasteiger partial charge in [-0.25, -0.2) is 0 Å². The molecule has 1 unspecified atom stereocenters. The Bertz CT molecular complexity index is 919. The summed E-state index contributed by atoms with van der Waals surface area (Å²) < 4.78 is 12.9. The molecule has 2 aliphatic heterocycles. The van der Waals surface area contributed by atoms with Crippen LogP contribution in [0.25, 0.3) is 0 Å². The van der Waals surface area contributed by atoms with Gasteiger partial charge in [-0.2, -0.15) is 0 Å². The second-order valence-corrected chi connectivity index (χ2v) is 8.15. The smallest absolute Gasteiger partial charge is 0.265 e. The second kappa shape index (κ2) is 7.52. The molecule has 1 N–H and O–H groups in total. The van der Waals surface area contributed by atoms with E-state index in [4.69, 9.17) is 9.47 Å². The maximum atomic E-state index is 12.7. The molecule has 140 valence electrons. The number of rotatable bonds is 3. The molecule has 2 aromatic rings. The maximum Gasteiger partial charge on any atom is 0.265 e. The molecular formula is C19H16Br2N2O4. The Hall–Kier alpha value is -2.06. The third kappa shape index (κ3) is 3.82. The minimum Gasteiger partial charge on any atom is -0.493 e. The van der Waals surface area contributed by atoms with E-state index < -0.39 is 0 Å². The number of nitrogens with zero attached hydrogens (tertiary/aromatic N) is 1. The van der Waals surface area contributed by atoms with Crippen LogP contribution in [0.1, 0.15) is 18.0 Å². The van der Waals surface area contributed by atoms with Crippen molar-refractivity contribution in [3.63, 3.8) is 0 Å². The highest BCUT2D eigenvalue weighted by Crippen LogP contribution is 2.36. The van der Waals surface area contributed by atoms with Gasteiger partial charge in [0, 0.05) is 20.9 Å². The average molecular weight is 496 g/mol. The topological polar surface area (TPSA) is 67.9 Å². The number of nitrogens with one attached hydrogen (secondary N) is 1. The van der Waals surface area contributed by atoms with Crippen molar-refractivity contribution in [1.29, 1.82) is 0 Å². The van der Waals surface area contributed by atoms with Crippen molar-refractivity contribution in [1.82, 2.24) is 5.32 Å². The van der Waals surface area contributed by atoms with Gasteiger partial charge in [-0.15, -0.1) is 0 Å². The van der Waals surface area contributed by atoms with Crippen LogP contribution in [0.3, 0.4) is 0 Å². The Kier molecular flexibility index (Phi) is 5.10. The van der Waals surface area contributed by atoms with E-state index in [0.717, 1.165) is 20.3 Å². The highest BCUT2D eigenvalue weighted by atomic mass is 79.9. The van der Waals surface area contributed by atoms with Gasteiger partial charge in [0.25, 0.3) is 5.91 Å². The van der Waals surface area contributed by atoms with Crippen molar-refractivity contribution >= 4 is 49.4 Å². The molecule has 0 saturated heterocycles. The first-order chi connectivity index (χ1) is 13.0. The minimum atomic E-state index is -0.241. The quantitative estimate of drug-likeness (QED) is 0.706. The number of fused-ring (bicyclic) bond motifs is 2. The SMILES string of the molecule is O=C(CN1C(=O)COc2cc(Br)ccc21)NC1CCOc2ccc(Br)cc21. The van der Waals surface area contributed by atoms with Gasteiger partial charge >= 0.3 is 0 Å². The number of benzene rings is 2. The van der Waals surface area contributed by atoms with Gasteiger partial charge in [0.15, 0.2) is 6.61 Å². The molecule has 0 aliphatic carbocycles. The number of ether oxygens (including phenoxy) is 2. The van der Waals surface area contributed by atoms with Gasteiger partial charge in [0.2, 0.25) is 5.91 Å². The Labute approximate surface area is 173 Å². The van der Waals surface area contributed by atoms with Crippen LogP contribution in [-0.2, 0) is 9.59 Å². The van der Waals surface area contributed by atoms with Crippen molar-refractivity contribution in [2.45, 2.75) is 12.5 Å². The molecule has 1 atom stereocenters. The highest BCUT2D eigenvalue weighted by Gasteiger charge is 2.29. The number of amides is 2. The lowest BCUT2D eigenvalue weighted by Crippen LogP contribution is -2.46. The van der Waals surface area contributed by atoms with Gasteiger partial charge in [0.1, 0.15) is 18.0 Å². The van der Waals surface area contributed by atoms with Gasteiger partial charge in [-0.05, 0) is 36.4 Å². The van der Waals surface area contributed by atoms with Crippen molar-refractivity contribution in [2.24, 2.45) is 0 Å². The first kappa shape index (κ1) is 18.3. The molecule has 0 aromatic heterocycles. The standard InChI is InChI=1S/C19H16Br2N2O4/c20-11-2-4-16-13(7-11)14(5-6-26-16)22-18(24)9-23-15-3-1-12(21)8-17(15)27-10-19(23)25/h1-4,7-8,14H,5-6,9-10H2,(H,22,24). The molecule has 0 saturated carbocycles. The Morgan fingerprint density at radius 1 is 1.11 bits per heavy atom. The maximum absolute atomic E-state index is 12.7. The molecule has 27 heavy (non-hydrogen) atoms. The fourth-order valence-corrected chi connectivity index (χ4v) is 3.97. The number of carbonyl (C=O) groups is 2. The number of anilines is 1. The summed E-state index contributed by atoms with van der Waals surface area (Å²) in [5, 5.41) is 3.03. The number of carbonyl (C=O) groups excluding carboxylic acids is 2. The van der Waals surface area contributed by atoms with Crippen molar-refractivity contribution < 1.29 is 19.1 Å². The summed E-state index contributed by atoms with van der Waals surface area (Å²) in [5.41, 5.74) is 1.53. The number of hydrogen-bond donors (Lipinski definition) is 1. The summed E-state index contributed by atoms with van der Waals surface area (Å²) in [4.78, 5) is 26.4. The van der Waals surface area contributed by atoms with Crippen LogP contribution >= 0.6 is 31.9 Å². The summed E-state index contributed by atoms with van der Waals surface area (Å²) in [6, 6.07) is 11.0. The lowest BCUT2D eigenvalue weighted by molar-refractivity contribution is -0.125. The van der Waals surface area contributed by atoms with E-state index in [1.54, 1.807) is 12.1 Å².